The van der Waals surface area contributed by atoms with Gasteiger partial charge < -0.3 is 15.5 Å². The Morgan fingerprint density at radius 1 is 1.08 bits per heavy atom. The summed E-state index contributed by atoms with van der Waals surface area (Å²) >= 11 is 0. The third-order valence-electron chi connectivity index (χ3n) is 5.35. The molecule has 0 aromatic rings. The maximum atomic E-state index is 11.6. The Hall–Kier alpha value is -0.0900. The molecule has 2 N–H and O–H groups in total. The summed E-state index contributed by atoms with van der Waals surface area (Å²) < 4.78 is 23.2. The zero-order chi connectivity index (χ0) is 17.2. The van der Waals surface area contributed by atoms with Crippen LogP contribution >= 0.6 is 24.0 Å². The summed E-state index contributed by atoms with van der Waals surface area (Å²) in [5, 5.41) is 7.09. The van der Waals surface area contributed by atoms with E-state index in [9.17, 15) is 8.42 Å². The molecule has 0 amide bonds. The Labute approximate surface area is 169 Å². The molecule has 3 fully saturated rings. The van der Waals surface area contributed by atoms with Crippen LogP contribution in [-0.2, 0) is 9.84 Å². The first kappa shape index (κ1) is 21.2. The molecule has 0 bridgehead atoms. The summed E-state index contributed by atoms with van der Waals surface area (Å²) in [6, 6.07) is 1.64. The largest absolute Gasteiger partial charge is 0.354 e. The zero-order valence-corrected chi connectivity index (χ0v) is 18.6. The van der Waals surface area contributed by atoms with Crippen LogP contribution in [0.5, 0.6) is 0 Å². The Morgan fingerprint density at radius 3 is 2.16 bits per heavy atom. The van der Waals surface area contributed by atoms with Crippen LogP contribution < -0.4 is 10.6 Å². The monoisotopic (exact) mass is 484 g/mol. The normalized spacial score (nSPS) is 28.0. The minimum atomic E-state index is -2.81. The fourth-order valence-corrected chi connectivity index (χ4v) is 5.39. The van der Waals surface area contributed by atoms with Gasteiger partial charge in [-0.3, -0.25) is 4.99 Å². The van der Waals surface area contributed by atoms with Crippen molar-refractivity contribution in [3.05, 3.63) is 0 Å². The van der Waals surface area contributed by atoms with Crippen molar-refractivity contribution in [3.63, 3.8) is 0 Å². The predicted octanol–water partition coefficient (Wildman–Crippen LogP) is 1.61. The van der Waals surface area contributed by atoms with Gasteiger partial charge in [0.05, 0.1) is 11.5 Å². The van der Waals surface area contributed by atoms with Gasteiger partial charge in [0.2, 0.25) is 0 Å². The molecule has 0 aromatic heterocycles. The number of hydrogen-bond donors (Lipinski definition) is 2. The number of guanidine groups is 1. The smallest absolute Gasteiger partial charge is 0.191 e. The number of rotatable bonds is 5. The number of halogens is 1. The number of hydrogen-bond acceptors (Lipinski definition) is 4. The van der Waals surface area contributed by atoms with Crippen molar-refractivity contribution in [2.24, 2.45) is 10.9 Å². The molecule has 25 heavy (non-hydrogen) atoms. The molecule has 146 valence electrons. The fraction of sp³-hybridized carbons (Fsp3) is 0.941. The maximum absolute atomic E-state index is 11.6. The Morgan fingerprint density at radius 2 is 1.68 bits per heavy atom. The number of nitrogens with zero attached hydrogens (tertiary/aromatic N) is 2. The quantitative estimate of drug-likeness (QED) is 0.353. The maximum Gasteiger partial charge on any atom is 0.191 e. The van der Waals surface area contributed by atoms with Crippen LogP contribution in [0.3, 0.4) is 0 Å². The molecule has 0 aromatic carbocycles. The molecule has 2 heterocycles. The van der Waals surface area contributed by atoms with Gasteiger partial charge in [0, 0.05) is 37.8 Å². The van der Waals surface area contributed by atoms with E-state index in [1.807, 2.05) is 0 Å². The van der Waals surface area contributed by atoms with E-state index in [0.717, 1.165) is 38.3 Å². The molecule has 2 aliphatic heterocycles. The van der Waals surface area contributed by atoms with Crippen molar-refractivity contribution in [1.82, 2.24) is 15.5 Å². The first-order chi connectivity index (χ1) is 11.4. The summed E-state index contributed by atoms with van der Waals surface area (Å²) in [6.07, 6.45) is 5.46. The average Bonchev–Trinajstić information content (AvgIpc) is 3.27. The van der Waals surface area contributed by atoms with Crippen LogP contribution in [0.15, 0.2) is 4.99 Å². The highest BCUT2D eigenvalue weighted by molar-refractivity contribution is 14.0. The van der Waals surface area contributed by atoms with Crippen LogP contribution in [0.1, 0.15) is 46.0 Å². The highest BCUT2D eigenvalue weighted by atomic mass is 127. The number of piperidine rings is 1. The van der Waals surface area contributed by atoms with Crippen molar-refractivity contribution < 1.29 is 8.42 Å². The highest BCUT2D eigenvalue weighted by Crippen LogP contribution is 2.20. The van der Waals surface area contributed by atoms with E-state index in [1.165, 1.54) is 12.8 Å². The Bertz CT molecular complexity index is 555. The van der Waals surface area contributed by atoms with E-state index in [1.54, 1.807) is 0 Å². The summed E-state index contributed by atoms with van der Waals surface area (Å²) in [4.78, 5) is 7.24. The van der Waals surface area contributed by atoms with Gasteiger partial charge in [-0.05, 0) is 51.9 Å². The minimum Gasteiger partial charge on any atom is -0.354 e. The Balaban J connectivity index is 0.00000225. The lowest BCUT2D eigenvalue weighted by Crippen LogP contribution is -2.50. The molecular weight excluding hydrogens is 451 g/mol. The lowest BCUT2D eigenvalue weighted by Gasteiger charge is -2.35. The van der Waals surface area contributed by atoms with Gasteiger partial charge in [0.25, 0.3) is 0 Å². The topological polar surface area (TPSA) is 73.8 Å². The molecular formula is C17H33IN4O2S. The van der Waals surface area contributed by atoms with Crippen LogP contribution in [0.4, 0.5) is 0 Å². The highest BCUT2D eigenvalue weighted by Gasteiger charge is 2.29. The standard InChI is InChI=1S/C17H32N4O2S.HI/c1-13(2)21-8-5-16(6-9-21)20-17(19-15-3-4-15)18-11-14-7-10-24(22,23)12-14;/h13-16H,3-12H2,1-2H3,(H2,18,19,20);1H. The molecule has 1 unspecified atom stereocenters. The molecule has 3 rings (SSSR count). The number of likely N-dealkylation sites (tertiary alicyclic amines) is 1. The van der Waals surface area contributed by atoms with Gasteiger partial charge in [-0.15, -0.1) is 24.0 Å². The van der Waals surface area contributed by atoms with Gasteiger partial charge in [-0.1, -0.05) is 0 Å². The molecule has 1 atom stereocenters. The second-order valence-corrected chi connectivity index (χ2v) is 10.2. The van der Waals surface area contributed by atoms with Gasteiger partial charge in [-0.2, -0.15) is 0 Å². The summed E-state index contributed by atoms with van der Waals surface area (Å²) in [7, 11) is -2.81. The third-order valence-corrected chi connectivity index (χ3v) is 7.19. The van der Waals surface area contributed by atoms with Gasteiger partial charge in [-0.25, -0.2) is 8.42 Å². The first-order valence-corrected chi connectivity index (χ1v) is 11.3. The second-order valence-electron chi connectivity index (χ2n) is 7.93. The average molecular weight is 484 g/mol. The van der Waals surface area contributed by atoms with Crippen LogP contribution in [-0.4, -0.2) is 68.5 Å². The van der Waals surface area contributed by atoms with Crippen molar-refractivity contribution in [1.29, 1.82) is 0 Å². The lowest BCUT2D eigenvalue weighted by molar-refractivity contribution is 0.167. The molecule has 1 aliphatic carbocycles. The predicted molar refractivity (Wildman–Crippen MR) is 114 cm³/mol. The first-order valence-electron chi connectivity index (χ1n) is 9.43. The zero-order valence-electron chi connectivity index (χ0n) is 15.4. The van der Waals surface area contributed by atoms with E-state index in [-0.39, 0.29) is 29.9 Å². The van der Waals surface area contributed by atoms with E-state index in [0.29, 0.717) is 36.2 Å². The van der Waals surface area contributed by atoms with E-state index in [4.69, 9.17) is 4.99 Å². The number of aliphatic imine (C=N–C) groups is 1. The summed E-state index contributed by atoms with van der Waals surface area (Å²) in [5.74, 6) is 1.72. The molecule has 8 heteroatoms. The fourth-order valence-electron chi connectivity index (χ4n) is 3.54. The lowest BCUT2D eigenvalue weighted by atomic mass is 10.0. The SMILES string of the molecule is CC(C)N1CCC(NC(=NCC2CCS(=O)(=O)C2)NC2CC2)CC1.I. The molecule has 0 radical (unpaired) electrons. The van der Waals surface area contributed by atoms with Gasteiger partial charge in [0.1, 0.15) is 0 Å². The van der Waals surface area contributed by atoms with E-state index in [2.05, 4.69) is 29.4 Å². The van der Waals surface area contributed by atoms with E-state index >= 15 is 0 Å². The number of nitrogens with one attached hydrogen (secondary N) is 2. The van der Waals surface area contributed by atoms with Crippen molar-refractivity contribution in [2.75, 3.05) is 31.1 Å². The minimum absolute atomic E-state index is 0. The van der Waals surface area contributed by atoms with Crippen LogP contribution in [0, 0.1) is 5.92 Å². The number of sulfone groups is 1. The third kappa shape index (κ3) is 6.86. The van der Waals surface area contributed by atoms with Crippen molar-refractivity contribution in [2.45, 2.75) is 64.1 Å². The van der Waals surface area contributed by atoms with Crippen molar-refractivity contribution >= 4 is 39.8 Å². The Kier molecular flexibility index (Phi) is 7.82. The summed E-state index contributed by atoms with van der Waals surface area (Å²) in [5.41, 5.74) is 0. The van der Waals surface area contributed by atoms with Crippen LogP contribution in [0.2, 0.25) is 0 Å². The van der Waals surface area contributed by atoms with Gasteiger partial charge in [0.15, 0.2) is 15.8 Å². The van der Waals surface area contributed by atoms with E-state index < -0.39 is 9.84 Å². The molecule has 6 nitrogen and oxygen atoms in total. The summed E-state index contributed by atoms with van der Waals surface area (Å²) in [6.45, 7) is 7.39. The molecule has 2 saturated heterocycles. The molecule has 1 saturated carbocycles. The van der Waals surface area contributed by atoms with Crippen LogP contribution in [0.25, 0.3) is 0 Å². The molecule has 3 aliphatic rings. The molecule has 0 spiro atoms. The second kappa shape index (κ2) is 9.21. The van der Waals surface area contributed by atoms with Crippen molar-refractivity contribution in [3.8, 4) is 0 Å². The van der Waals surface area contributed by atoms with Gasteiger partial charge >= 0.3 is 0 Å².